The van der Waals surface area contributed by atoms with Crippen molar-refractivity contribution >= 4 is 10.8 Å². The molecule has 0 bridgehead atoms. The molecule has 0 saturated carbocycles. The molecule has 12 heteroatoms. The molecule has 0 radical (unpaired) electrons. The molecule has 0 amide bonds. The minimum absolute atomic E-state index is 0.0320. The van der Waals surface area contributed by atoms with Crippen LogP contribution < -0.4 is 4.74 Å². The van der Waals surface area contributed by atoms with Gasteiger partial charge in [-0.1, -0.05) is 54.6 Å². The van der Waals surface area contributed by atoms with Crippen molar-refractivity contribution in [3.63, 3.8) is 0 Å². The molecule has 5 rings (SSSR count). The van der Waals surface area contributed by atoms with E-state index in [-0.39, 0.29) is 17.7 Å². The number of ether oxygens (including phenoxy) is 2. The van der Waals surface area contributed by atoms with E-state index in [1.54, 1.807) is 6.07 Å². The molecule has 0 heterocycles. The van der Waals surface area contributed by atoms with Crippen molar-refractivity contribution in [1.82, 2.24) is 0 Å². The lowest BCUT2D eigenvalue weighted by Gasteiger charge is -2.20. The Kier molecular flexibility index (Phi) is 9.86. The summed E-state index contributed by atoms with van der Waals surface area (Å²) in [6.45, 7) is 1.50. The first-order chi connectivity index (χ1) is 22.6. The van der Waals surface area contributed by atoms with Crippen molar-refractivity contribution in [2.75, 3.05) is 0 Å². The van der Waals surface area contributed by atoms with Gasteiger partial charge in [-0.3, -0.25) is 0 Å². The van der Waals surface area contributed by atoms with Gasteiger partial charge in [0.1, 0.15) is 47.0 Å². The standard InChI is InChI=1S/C36H24F10O2/c1-2-3-4-5-20-6-7-22-13-23(9-8-21(22)12-20)24-10-11-25(28(37)14-24)19-47-27-17-29(38)33(30(39)18-27)26-15-31(40)34(32(41)16-26)35(42,43)48-36(44,45)46/h2-3,6-18H,4-5,19H2,1H3. The average molecular weight is 679 g/mol. The van der Waals surface area contributed by atoms with Crippen LogP contribution in [0.1, 0.15) is 30.0 Å². The van der Waals surface area contributed by atoms with Crippen molar-refractivity contribution < 1.29 is 53.4 Å². The predicted octanol–water partition coefficient (Wildman–Crippen LogP) is 11.5. The first-order valence-corrected chi connectivity index (χ1v) is 14.3. The Morgan fingerprint density at radius 2 is 1.21 bits per heavy atom. The van der Waals surface area contributed by atoms with Gasteiger partial charge in [0.2, 0.25) is 0 Å². The van der Waals surface area contributed by atoms with E-state index in [1.807, 2.05) is 43.3 Å². The Bertz CT molecular complexity index is 1950. The summed E-state index contributed by atoms with van der Waals surface area (Å²) in [5, 5.41) is 2.01. The summed E-state index contributed by atoms with van der Waals surface area (Å²) in [5.41, 5.74) is -1.85. The number of hydrogen-bond acceptors (Lipinski definition) is 2. The molecule has 0 atom stereocenters. The first kappa shape index (κ1) is 34.5. The maximum absolute atomic E-state index is 15.1. The topological polar surface area (TPSA) is 18.5 Å². The molecule has 2 nitrogen and oxygen atoms in total. The Morgan fingerprint density at radius 3 is 1.83 bits per heavy atom. The highest BCUT2D eigenvalue weighted by molar-refractivity contribution is 5.88. The quantitative estimate of drug-likeness (QED) is 0.108. The molecule has 0 aromatic heterocycles. The molecular formula is C36H24F10O2. The molecule has 0 aliphatic heterocycles. The smallest absolute Gasteiger partial charge is 0.489 e. The summed E-state index contributed by atoms with van der Waals surface area (Å²) in [6, 6.07) is 17.5. The number of halogens is 10. The fourth-order valence-corrected chi connectivity index (χ4v) is 5.15. The Morgan fingerprint density at radius 1 is 0.625 bits per heavy atom. The van der Waals surface area contributed by atoms with E-state index in [1.165, 1.54) is 17.7 Å². The summed E-state index contributed by atoms with van der Waals surface area (Å²) < 4.78 is 146. The average Bonchev–Trinajstić information content (AvgIpc) is 2.98. The predicted molar refractivity (Wildman–Crippen MR) is 160 cm³/mol. The van der Waals surface area contributed by atoms with Gasteiger partial charge in [0.15, 0.2) is 0 Å². The number of benzene rings is 5. The van der Waals surface area contributed by atoms with Crippen molar-refractivity contribution in [3.8, 4) is 28.0 Å². The van der Waals surface area contributed by atoms with Crippen molar-refractivity contribution in [3.05, 3.63) is 137 Å². The second-order valence-electron chi connectivity index (χ2n) is 10.7. The maximum atomic E-state index is 15.1. The van der Waals surface area contributed by atoms with Crippen molar-refractivity contribution in [2.24, 2.45) is 0 Å². The van der Waals surface area contributed by atoms with Crippen LogP contribution in [0.15, 0.2) is 91.0 Å². The summed E-state index contributed by atoms with van der Waals surface area (Å²) >= 11 is 0. The second kappa shape index (κ2) is 13.7. The van der Waals surface area contributed by atoms with E-state index in [0.29, 0.717) is 17.7 Å². The van der Waals surface area contributed by atoms with E-state index in [2.05, 4.69) is 16.9 Å². The van der Waals surface area contributed by atoms with E-state index in [4.69, 9.17) is 4.74 Å². The number of fused-ring (bicyclic) bond motifs is 1. The molecule has 0 unspecified atom stereocenters. The molecule has 0 aliphatic rings. The number of aryl methyl sites for hydroxylation is 1. The van der Waals surface area contributed by atoms with Gasteiger partial charge in [0, 0.05) is 17.7 Å². The van der Waals surface area contributed by atoms with Gasteiger partial charge in [-0.15, -0.1) is 13.2 Å². The molecule has 5 aromatic carbocycles. The molecule has 0 saturated heterocycles. The lowest BCUT2D eigenvalue weighted by molar-refractivity contribution is -0.432. The van der Waals surface area contributed by atoms with Crippen LogP contribution in [-0.2, 0) is 23.9 Å². The van der Waals surface area contributed by atoms with Crippen LogP contribution in [0, 0.1) is 29.1 Å². The number of alkyl halides is 5. The number of hydrogen-bond donors (Lipinski definition) is 0. The van der Waals surface area contributed by atoms with E-state index in [0.717, 1.165) is 29.2 Å². The van der Waals surface area contributed by atoms with Gasteiger partial charge in [-0.2, -0.15) is 8.78 Å². The van der Waals surface area contributed by atoms with Gasteiger partial charge < -0.3 is 4.74 Å². The van der Waals surface area contributed by atoms with E-state index < -0.39 is 70.6 Å². The zero-order valence-electron chi connectivity index (χ0n) is 24.9. The molecule has 0 aliphatic carbocycles. The molecule has 48 heavy (non-hydrogen) atoms. The van der Waals surface area contributed by atoms with Gasteiger partial charge >= 0.3 is 12.5 Å². The van der Waals surface area contributed by atoms with E-state index in [9.17, 15) is 39.5 Å². The third-order valence-electron chi connectivity index (χ3n) is 7.40. The Labute approximate surface area is 267 Å². The first-order valence-electron chi connectivity index (χ1n) is 14.3. The summed E-state index contributed by atoms with van der Waals surface area (Å²) in [6.07, 6.45) is -5.48. The fourth-order valence-electron chi connectivity index (χ4n) is 5.15. The SMILES string of the molecule is CC=CCCc1ccc2cc(-c3ccc(COc4cc(F)c(-c5cc(F)c(C(F)(F)OC(F)(F)F)c(F)c5)c(F)c4)c(F)c3)ccc2c1. The van der Waals surface area contributed by atoms with Gasteiger partial charge in [-0.05, 0) is 77.1 Å². The van der Waals surface area contributed by atoms with Gasteiger partial charge in [0.25, 0.3) is 0 Å². The number of rotatable bonds is 10. The molecule has 0 fully saturated rings. The van der Waals surface area contributed by atoms with Gasteiger partial charge in [0.05, 0.1) is 5.56 Å². The van der Waals surface area contributed by atoms with Crippen LogP contribution in [0.5, 0.6) is 5.75 Å². The number of allylic oxidation sites excluding steroid dienone is 2. The highest BCUT2D eigenvalue weighted by Gasteiger charge is 2.49. The highest BCUT2D eigenvalue weighted by atomic mass is 19.4. The Hall–Kier alpha value is -4.84. The highest BCUT2D eigenvalue weighted by Crippen LogP contribution is 2.41. The minimum atomic E-state index is -5.95. The molecule has 250 valence electrons. The monoisotopic (exact) mass is 678 g/mol. The van der Waals surface area contributed by atoms with Crippen LogP contribution in [-0.4, -0.2) is 6.36 Å². The second-order valence-corrected chi connectivity index (χ2v) is 10.7. The fraction of sp³-hybridized carbons (Fsp3) is 0.167. The minimum Gasteiger partial charge on any atom is -0.489 e. The third-order valence-corrected chi connectivity index (χ3v) is 7.40. The van der Waals surface area contributed by atoms with Crippen molar-refractivity contribution in [2.45, 2.75) is 38.8 Å². The normalized spacial score (nSPS) is 12.3. The molecular weight excluding hydrogens is 654 g/mol. The summed E-state index contributed by atoms with van der Waals surface area (Å²) in [4.78, 5) is 0. The lowest BCUT2D eigenvalue weighted by Crippen LogP contribution is -2.29. The largest absolute Gasteiger partial charge is 0.527 e. The zero-order chi connectivity index (χ0) is 34.8. The third kappa shape index (κ3) is 7.82. The van der Waals surface area contributed by atoms with Gasteiger partial charge in [-0.25, -0.2) is 26.7 Å². The lowest BCUT2D eigenvalue weighted by atomic mass is 9.98. The van der Waals surface area contributed by atoms with Crippen molar-refractivity contribution in [1.29, 1.82) is 0 Å². The van der Waals surface area contributed by atoms with Crippen LogP contribution in [0.25, 0.3) is 33.0 Å². The zero-order valence-corrected chi connectivity index (χ0v) is 24.9. The van der Waals surface area contributed by atoms with E-state index >= 15 is 4.39 Å². The van der Waals surface area contributed by atoms with Crippen LogP contribution >= 0.6 is 0 Å². The van der Waals surface area contributed by atoms with Crippen LogP contribution in [0.2, 0.25) is 0 Å². The van der Waals surface area contributed by atoms with Crippen LogP contribution in [0.3, 0.4) is 0 Å². The molecule has 0 spiro atoms. The molecule has 0 N–H and O–H groups in total. The summed E-state index contributed by atoms with van der Waals surface area (Å²) in [7, 11) is 0. The van der Waals surface area contributed by atoms with Crippen LogP contribution in [0.4, 0.5) is 43.9 Å². The Balaban J connectivity index is 1.31. The summed E-state index contributed by atoms with van der Waals surface area (Å²) in [5.74, 6) is -8.50. The molecule has 5 aromatic rings. The maximum Gasteiger partial charge on any atom is 0.527 e.